The first kappa shape index (κ1) is 13.9. The Bertz CT molecular complexity index is 587. The highest BCUT2D eigenvalue weighted by Crippen LogP contribution is 2.38. The van der Waals surface area contributed by atoms with Crippen molar-refractivity contribution in [1.29, 1.82) is 0 Å². The molecule has 1 aromatic carbocycles. The quantitative estimate of drug-likeness (QED) is 0.670. The van der Waals surface area contributed by atoms with Crippen LogP contribution in [-0.2, 0) is 0 Å². The molecule has 2 atom stereocenters. The number of rotatable bonds is 2. The first-order chi connectivity index (χ1) is 10.1. The van der Waals surface area contributed by atoms with Gasteiger partial charge in [0.15, 0.2) is 0 Å². The molecule has 0 spiro atoms. The average Bonchev–Trinajstić information content (AvgIpc) is 2.90. The monoisotopic (exact) mass is 290 g/mol. The third-order valence-corrected chi connectivity index (χ3v) is 4.68. The molecule has 0 radical (unpaired) electrons. The molecular formula is C15H18N2O4. The first-order valence-electron chi connectivity index (χ1n) is 7.36. The zero-order valence-corrected chi connectivity index (χ0v) is 11.7. The normalized spacial score (nSPS) is 24.7. The minimum Gasteiger partial charge on any atom is -0.508 e. The largest absolute Gasteiger partial charge is 0.508 e. The van der Waals surface area contributed by atoms with E-state index >= 15 is 0 Å². The van der Waals surface area contributed by atoms with Crippen molar-refractivity contribution in [1.82, 2.24) is 4.90 Å². The lowest BCUT2D eigenvalue weighted by molar-refractivity contribution is -0.385. The highest BCUT2D eigenvalue weighted by molar-refractivity contribution is 5.99. The second-order valence-corrected chi connectivity index (χ2v) is 5.86. The molecule has 0 bridgehead atoms. The van der Waals surface area contributed by atoms with E-state index in [2.05, 4.69) is 0 Å². The molecule has 2 aliphatic rings. The summed E-state index contributed by atoms with van der Waals surface area (Å²) >= 11 is 0. The summed E-state index contributed by atoms with van der Waals surface area (Å²) in [4.78, 5) is 25.0. The lowest BCUT2D eigenvalue weighted by atomic mass is 9.85. The number of phenolic OH excluding ortho intramolecular Hbond substituents is 1. The number of nitrogens with zero attached hydrogens (tertiary/aromatic N) is 2. The summed E-state index contributed by atoms with van der Waals surface area (Å²) in [7, 11) is 0. The molecule has 112 valence electrons. The van der Waals surface area contributed by atoms with Crippen LogP contribution in [0.15, 0.2) is 18.2 Å². The van der Waals surface area contributed by atoms with Crippen LogP contribution in [0.1, 0.15) is 42.5 Å². The van der Waals surface area contributed by atoms with Gasteiger partial charge in [0.2, 0.25) is 0 Å². The van der Waals surface area contributed by atoms with Crippen molar-refractivity contribution in [3.05, 3.63) is 33.9 Å². The van der Waals surface area contributed by atoms with Crippen LogP contribution in [0.5, 0.6) is 5.75 Å². The Labute approximate surface area is 122 Å². The Balaban J connectivity index is 1.92. The van der Waals surface area contributed by atoms with E-state index in [9.17, 15) is 20.0 Å². The summed E-state index contributed by atoms with van der Waals surface area (Å²) in [6.07, 6.45) is 5.39. The second kappa shape index (κ2) is 5.35. The fourth-order valence-corrected chi connectivity index (χ4v) is 3.67. The molecule has 1 aliphatic carbocycles. The van der Waals surface area contributed by atoms with Gasteiger partial charge in [0.25, 0.3) is 11.6 Å². The van der Waals surface area contributed by atoms with Crippen molar-refractivity contribution in [2.24, 2.45) is 5.92 Å². The molecule has 1 N–H and O–H groups in total. The van der Waals surface area contributed by atoms with E-state index < -0.39 is 4.92 Å². The number of phenols is 1. The summed E-state index contributed by atoms with van der Waals surface area (Å²) in [5.74, 6) is 0.0782. The van der Waals surface area contributed by atoms with E-state index in [-0.39, 0.29) is 28.9 Å². The lowest BCUT2D eigenvalue weighted by Gasteiger charge is -2.31. The maximum Gasteiger partial charge on any atom is 0.282 e. The molecule has 1 aliphatic heterocycles. The van der Waals surface area contributed by atoms with Crippen LogP contribution in [0.25, 0.3) is 0 Å². The van der Waals surface area contributed by atoms with Crippen LogP contribution in [0.4, 0.5) is 5.69 Å². The van der Waals surface area contributed by atoms with Gasteiger partial charge in [-0.2, -0.15) is 0 Å². The minimum absolute atomic E-state index is 0.00813. The lowest BCUT2D eigenvalue weighted by Crippen LogP contribution is -2.39. The van der Waals surface area contributed by atoms with Crippen molar-refractivity contribution in [2.75, 3.05) is 6.54 Å². The van der Waals surface area contributed by atoms with Crippen molar-refractivity contribution in [3.63, 3.8) is 0 Å². The molecule has 1 saturated carbocycles. The topological polar surface area (TPSA) is 83.7 Å². The zero-order valence-electron chi connectivity index (χ0n) is 11.7. The summed E-state index contributed by atoms with van der Waals surface area (Å²) in [5.41, 5.74) is -0.247. The Hall–Kier alpha value is -2.11. The number of amides is 1. The van der Waals surface area contributed by atoms with Gasteiger partial charge in [-0.1, -0.05) is 12.8 Å². The zero-order chi connectivity index (χ0) is 15.0. The second-order valence-electron chi connectivity index (χ2n) is 5.86. The van der Waals surface area contributed by atoms with Crippen molar-refractivity contribution in [3.8, 4) is 5.75 Å². The van der Waals surface area contributed by atoms with Gasteiger partial charge in [-0.15, -0.1) is 0 Å². The number of benzene rings is 1. The van der Waals surface area contributed by atoms with Gasteiger partial charge in [0, 0.05) is 18.7 Å². The molecule has 1 saturated heterocycles. The number of nitro benzene ring substituents is 1. The Morgan fingerprint density at radius 3 is 2.81 bits per heavy atom. The maximum atomic E-state index is 12.7. The number of carbonyl (C=O) groups is 1. The van der Waals surface area contributed by atoms with Gasteiger partial charge in [-0.25, -0.2) is 0 Å². The minimum atomic E-state index is -0.568. The van der Waals surface area contributed by atoms with Crippen LogP contribution in [0, 0.1) is 16.0 Å². The number of nitro groups is 1. The van der Waals surface area contributed by atoms with Crippen LogP contribution >= 0.6 is 0 Å². The van der Waals surface area contributed by atoms with Gasteiger partial charge >= 0.3 is 0 Å². The summed E-state index contributed by atoms with van der Waals surface area (Å²) in [6, 6.07) is 3.84. The van der Waals surface area contributed by atoms with Crippen molar-refractivity contribution >= 4 is 11.6 Å². The molecule has 1 amide bonds. The van der Waals surface area contributed by atoms with Crippen molar-refractivity contribution in [2.45, 2.75) is 38.1 Å². The Morgan fingerprint density at radius 2 is 2.05 bits per heavy atom. The number of hydrogen-bond donors (Lipinski definition) is 1. The molecule has 21 heavy (non-hydrogen) atoms. The number of aromatic hydroxyl groups is 1. The van der Waals surface area contributed by atoms with Gasteiger partial charge < -0.3 is 10.0 Å². The number of carbonyl (C=O) groups excluding carboxylic acids is 1. The molecule has 1 aromatic rings. The van der Waals surface area contributed by atoms with E-state index in [1.165, 1.54) is 24.6 Å². The van der Waals surface area contributed by atoms with Gasteiger partial charge in [0.05, 0.1) is 4.92 Å². The van der Waals surface area contributed by atoms with Crippen molar-refractivity contribution < 1.29 is 14.8 Å². The first-order valence-corrected chi connectivity index (χ1v) is 7.36. The third kappa shape index (κ3) is 2.46. The van der Waals surface area contributed by atoms with E-state index in [0.717, 1.165) is 25.7 Å². The number of likely N-dealkylation sites (tertiary alicyclic amines) is 1. The molecule has 6 nitrogen and oxygen atoms in total. The third-order valence-electron chi connectivity index (χ3n) is 4.68. The smallest absolute Gasteiger partial charge is 0.282 e. The molecule has 2 unspecified atom stereocenters. The maximum absolute atomic E-state index is 12.7. The summed E-state index contributed by atoms with van der Waals surface area (Å²) in [5, 5.41) is 20.6. The van der Waals surface area contributed by atoms with E-state index in [0.29, 0.717) is 12.5 Å². The van der Waals surface area contributed by atoms with Crippen LogP contribution in [0.2, 0.25) is 0 Å². The standard InChI is InChI=1S/C15H18N2O4/c18-11-5-6-14(17(20)21)12(9-11)15(19)16-8-7-10-3-1-2-4-13(10)16/h5-6,9-10,13,18H,1-4,7-8H2. The molecule has 0 aromatic heterocycles. The highest BCUT2D eigenvalue weighted by Gasteiger charge is 2.39. The van der Waals surface area contributed by atoms with Gasteiger partial charge in [0.1, 0.15) is 11.3 Å². The van der Waals surface area contributed by atoms with Gasteiger partial charge in [-0.05, 0) is 37.3 Å². The predicted octanol–water partition coefficient (Wildman–Crippen LogP) is 2.71. The SMILES string of the molecule is O=C(c1cc(O)ccc1[N+](=O)[O-])N1CCC2CCCCC21. The predicted molar refractivity (Wildman–Crippen MR) is 76.2 cm³/mol. The Kier molecular flexibility index (Phi) is 3.53. The van der Waals surface area contributed by atoms with Crippen LogP contribution in [-0.4, -0.2) is 33.4 Å². The fraction of sp³-hybridized carbons (Fsp3) is 0.533. The molecular weight excluding hydrogens is 272 g/mol. The fourth-order valence-electron chi connectivity index (χ4n) is 3.67. The van der Waals surface area contributed by atoms with Crippen LogP contribution in [0.3, 0.4) is 0 Å². The highest BCUT2D eigenvalue weighted by atomic mass is 16.6. The number of hydrogen-bond acceptors (Lipinski definition) is 4. The van der Waals surface area contributed by atoms with E-state index in [1.807, 2.05) is 0 Å². The number of fused-ring (bicyclic) bond motifs is 1. The molecule has 6 heteroatoms. The molecule has 3 rings (SSSR count). The van der Waals surface area contributed by atoms with Crippen LogP contribution < -0.4 is 0 Å². The summed E-state index contributed by atoms with van der Waals surface area (Å²) < 4.78 is 0. The van der Waals surface area contributed by atoms with E-state index in [1.54, 1.807) is 4.90 Å². The summed E-state index contributed by atoms with van der Waals surface area (Å²) in [6.45, 7) is 0.654. The molecule has 2 fully saturated rings. The van der Waals surface area contributed by atoms with E-state index in [4.69, 9.17) is 0 Å². The molecule has 1 heterocycles. The Morgan fingerprint density at radius 1 is 1.29 bits per heavy atom. The van der Waals surface area contributed by atoms with Gasteiger partial charge in [-0.3, -0.25) is 14.9 Å². The average molecular weight is 290 g/mol.